The number of amides is 2. The van der Waals surface area contributed by atoms with Gasteiger partial charge < -0.3 is 20.1 Å². The molecule has 7 nitrogen and oxygen atoms in total. The highest BCUT2D eigenvalue weighted by molar-refractivity contribution is 5.80. The van der Waals surface area contributed by atoms with Gasteiger partial charge in [-0.2, -0.15) is 0 Å². The van der Waals surface area contributed by atoms with Crippen molar-refractivity contribution in [2.45, 2.75) is 52.0 Å². The van der Waals surface area contributed by atoms with Gasteiger partial charge in [0.05, 0.1) is 5.92 Å². The van der Waals surface area contributed by atoms with Gasteiger partial charge in [-0.25, -0.2) is 4.79 Å². The summed E-state index contributed by atoms with van der Waals surface area (Å²) in [6, 6.07) is 15.9. The zero-order chi connectivity index (χ0) is 25.2. The number of nitrogens with one attached hydrogen (secondary N) is 1. The summed E-state index contributed by atoms with van der Waals surface area (Å²) in [6.07, 6.45) is 0.796. The molecule has 2 unspecified atom stereocenters. The number of carboxylic acids is 1. The third-order valence-corrected chi connectivity index (χ3v) is 7.18. The first-order valence-corrected chi connectivity index (χ1v) is 12.3. The second kappa shape index (κ2) is 10.1. The Morgan fingerprint density at radius 3 is 2.23 bits per heavy atom. The molecule has 1 fully saturated rings. The normalized spacial score (nSPS) is 18.4. The van der Waals surface area contributed by atoms with Crippen LogP contribution in [0.1, 0.15) is 57.1 Å². The average Bonchev–Trinajstić information content (AvgIpc) is 3.15. The molecule has 0 aromatic heterocycles. The van der Waals surface area contributed by atoms with Crippen molar-refractivity contribution in [1.29, 1.82) is 0 Å². The van der Waals surface area contributed by atoms with E-state index in [4.69, 9.17) is 4.74 Å². The van der Waals surface area contributed by atoms with Crippen LogP contribution in [-0.2, 0) is 14.3 Å². The Bertz CT molecular complexity index is 1060. The van der Waals surface area contributed by atoms with E-state index in [1.807, 2.05) is 45.0 Å². The molecule has 0 radical (unpaired) electrons. The average molecular weight is 479 g/mol. The van der Waals surface area contributed by atoms with Gasteiger partial charge in [0, 0.05) is 31.5 Å². The number of ether oxygens (including phenoxy) is 1. The third-order valence-electron chi connectivity index (χ3n) is 7.18. The lowest BCUT2D eigenvalue weighted by molar-refractivity contribution is -0.145. The van der Waals surface area contributed by atoms with Gasteiger partial charge in [0.1, 0.15) is 6.61 Å². The molecule has 35 heavy (non-hydrogen) atoms. The monoisotopic (exact) mass is 478 g/mol. The van der Waals surface area contributed by atoms with E-state index < -0.39 is 24.0 Å². The first-order valence-electron chi connectivity index (χ1n) is 12.3. The summed E-state index contributed by atoms with van der Waals surface area (Å²) in [4.78, 5) is 38.8. The molecule has 1 saturated heterocycles. The minimum absolute atomic E-state index is 0.0378. The molecule has 4 rings (SSSR count). The lowest BCUT2D eigenvalue weighted by Gasteiger charge is -2.35. The summed E-state index contributed by atoms with van der Waals surface area (Å²) in [5, 5.41) is 12.2. The SMILES string of the molecule is CC(C)(C)C(CC(=O)N1CCCC(C(=O)O)C1)NC(=O)OCC1c2ccccc2-c2ccccc21. The molecule has 1 heterocycles. The smallest absolute Gasteiger partial charge is 0.407 e. The van der Waals surface area contributed by atoms with Crippen molar-refractivity contribution < 1.29 is 24.2 Å². The van der Waals surface area contributed by atoms with Gasteiger partial charge in [-0.3, -0.25) is 9.59 Å². The predicted molar refractivity (Wildman–Crippen MR) is 133 cm³/mol. The molecule has 0 spiro atoms. The van der Waals surface area contributed by atoms with Gasteiger partial charge >= 0.3 is 12.1 Å². The molecule has 2 aliphatic rings. The molecule has 2 aromatic rings. The minimum Gasteiger partial charge on any atom is -0.481 e. The molecule has 2 aromatic carbocycles. The fourth-order valence-electron chi connectivity index (χ4n) is 5.07. The third kappa shape index (κ3) is 5.50. The van der Waals surface area contributed by atoms with E-state index in [0.29, 0.717) is 19.4 Å². The number of carboxylic acid groups (broad SMARTS) is 1. The number of hydrogen-bond donors (Lipinski definition) is 2. The van der Waals surface area contributed by atoms with Crippen LogP contribution in [0.2, 0.25) is 0 Å². The lowest BCUT2D eigenvalue weighted by Crippen LogP contribution is -2.49. The second-order valence-electron chi connectivity index (χ2n) is 10.6. The Morgan fingerprint density at radius 2 is 1.66 bits per heavy atom. The maximum absolute atomic E-state index is 13.0. The topological polar surface area (TPSA) is 95.9 Å². The number of rotatable bonds is 6. The van der Waals surface area contributed by atoms with E-state index in [1.165, 1.54) is 0 Å². The number of nitrogens with zero attached hydrogens (tertiary/aromatic N) is 1. The van der Waals surface area contributed by atoms with Crippen LogP contribution in [0.5, 0.6) is 0 Å². The standard InChI is InChI=1S/C28H34N2O5/c1-28(2,3)24(15-25(31)30-14-8-9-18(16-30)26(32)33)29-27(34)35-17-23-21-12-6-4-10-19(21)20-11-5-7-13-22(20)23/h4-7,10-13,18,23-24H,8-9,14-17H2,1-3H3,(H,29,34)(H,32,33). The van der Waals surface area contributed by atoms with Crippen LogP contribution in [0.25, 0.3) is 11.1 Å². The summed E-state index contributed by atoms with van der Waals surface area (Å²) in [7, 11) is 0. The molecular weight excluding hydrogens is 444 g/mol. The van der Waals surface area contributed by atoms with Crippen LogP contribution in [0, 0.1) is 11.3 Å². The maximum atomic E-state index is 13.0. The number of benzene rings is 2. The fourth-order valence-corrected chi connectivity index (χ4v) is 5.07. The number of fused-ring (bicyclic) bond motifs is 3. The molecule has 7 heteroatoms. The van der Waals surface area contributed by atoms with Crippen molar-refractivity contribution in [2.75, 3.05) is 19.7 Å². The molecule has 2 amide bonds. The Morgan fingerprint density at radius 1 is 1.06 bits per heavy atom. The zero-order valence-electron chi connectivity index (χ0n) is 20.6. The largest absolute Gasteiger partial charge is 0.481 e. The van der Waals surface area contributed by atoms with Gasteiger partial charge in [-0.1, -0.05) is 69.3 Å². The van der Waals surface area contributed by atoms with Crippen LogP contribution in [0.4, 0.5) is 4.79 Å². The van der Waals surface area contributed by atoms with Crippen molar-refractivity contribution in [1.82, 2.24) is 10.2 Å². The molecule has 186 valence electrons. The van der Waals surface area contributed by atoms with Crippen molar-refractivity contribution in [3.8, 4) is 11.1 Å². The first-order chi connectivity index (χ1) is 16.6. The van der Waals surface area contributed by atoms with E-state index in [2.05, 4.69) is 29.6 Å². The van der Waals surface area contributed by atoms with Crippen LogP contribution < -0.4 is 5.32 Å². The van der Waals surface area contributed by atoms with Crippen molar-refractivity contribution in [3.63, 3.8) is 0 Å². The number of carbonyl (C=O) groups excluding carboxylic acids is 2. The molecule has 1 aliphatic carbocycles. The molecule has 0 saturated carbocycles. The highest BCUT2D eigenvalue weighted by Crippen LogP contribution is 2.44. The van der Waals surface area contributed by atoms with E-state index in [0.717, 1.165) is 22.3 Å². The summed E-state index contributed by atoms with van der Waals surface area (Å²) in [6.45, 7) is 6.86. The summed E-state index contributed by atoms with van der Waals surface area (Å²) < 4.78 is 5.69. The zero-order valence-corrected chi connectivity index (χ0v) is 20.6. The molecule has 0 bridgehead atoms. The van der Waals surface area contributed by atoms with E-state index in [9.17, 15) is 19.5 Å². The van der Waals surface area contributed by atoms with Crippen molar-refractivity contribution >= 4 is 18.0 Å². The summed E-state index contributed by atoms with van der Waals surface area (Å²) >= 11 is 0. The van der Waals surface area contributed by atoms with Crippen molar-refractivity contribution in [2.24, 2.45) is 11.3 Å². The predicted octanol–water partition coefficient (Wildman–Crippen LogP) is 4.65. The van der Waals surface area contributed by atoms with Gasteiger partial charge in [-0.05, 0) is 40.5 Å². The Kier molecular flexibility index (Phi) is 7.15. The highest BCUT2D eigenvalue weighted by Gasteiger charge is 2.34. The van der Waals surface area contributed by atoms with Gasteiger partial charge in [-0.15, -0.1) is 0 Å². The fraction of sp³-hybridized carbons (Fsp3) is 0.464. The highest BCUT2D eigenvalue weighted by atomic mass is 16.5. The first kappa shape index (κ1) is 24.8. The van der Waals surface area contributed by atoms with E-state index >= 15 is 0 Å². The van der Waals surface area contributed by atoms with Gasteiger partial charge in [0.2, 0.25) is 5.91 Å². The number of piperidine rings is 1. The minimum atomic E-state index is -0.869. The van der Waals surface area contributed by atoms with Crippen LogP contribution in [0.3, 0.4) is 0 Å². The number of hydrogen-bond acceptors (Lipinski definition) is 4. The summed E-state index contributed by atoms with van der Waals surface area (Å²) in [5.41, 5.74) is 4.22. The van der Waals surface area contributed by atoms with Crippen molar-refractivity contribution in [3.05, 3.63) is 59.7 Å². The van der Waals surface area contributed by atoms with Crippen LogP contribution >= 0.6 is 0 Å². The molecule has 2 atom stereocenters. The van der Waals surface area contributed by atoms with E-state index in [1.54, 1.807) is 4.90 Å². The number of carbonyl (C=O) groups is 3. The van der Waals surface area contributed by atoms with E-state index in [-0.39, 0.29) is 36.8 Å². The van der Waals surface area contributed by atoms with Crippen LogP contribution in [0.15, 0.2) is 48.5 Å². The van der Waals surface area contributed by atoms with Gasteiger partial charge in [0.25, 0.3) is 0 Å². The van der Waals surface area contributed by atoms with Crippen LogP contribution in [-0.4, -0.2) is 53.7 Å². The number of likely N-dealkylation sites (tertiary alicyclic amines) is 1. The quantitative estimate of drug-likeness (QED) is 0.630. The number of alkyl carbamates (subject to hydrolysis) is 1. The molecule has 2 N–H and O–H groups in total. The Balaban J connectivity index is 1.39. The maximum Gasteiger partial charge on any atom is 0.407 e. The second-order valence-corrected chi connectivity index (χ2v) is 10.6. The van der Waals surface area contributed by atoms with Gasteiger partial charge in [0.15, 0.2) is 0 Å². The summed E-state index contributed by atoms with van der Waals surface area (Å²) in [5.74, 6) is -1.58. The molecule has 1 aliphatic heterocycles. The Labute approximate surface area is 206 Å². The Hall–Kier alpha value is -3.35. The lowest BCUT2D eigenvalue weighted by atomic mass is 9.84. The number of aliphatic carboxylic acids is 1. The molecular formula is C28H34N2O5.